The number of alkyl halides is 3. The van der Waals surface area contributed by atoms with Crippen LogP contribution >= 0.6 is 11.8 Å². The highest BCUT2D eigenvalue weighted by Crippen LogP contribution is 2.30. The number of amides is 2. The Balaban J connectivity index is 2.59. The fourth-order valence-electron chi connectivity index (χ4n) is 1.38. The van der Waals surface area contributed by atoms with Crippen LogP contribution in [0.3, 0.4) is 0 Å². The molecule has 0 unspecified atom stereocenters. The van der Waals surface area contributed by atoms with Gasteiger partial charge in [-0.15, -0.1) is 0 Å². The Morgan fingerprint density at radius 2 is 1.91 bits per heavy atom. The van der Waals surface area contributed by atoms with Gasteiger partial charge in [-0.25, -0.2) is 18.4 Å². The summed E-state index contributed by atoms with van der Waals surface area (Å²) in [5.74, 6) is -0.803. The lowest BCUT2D eigenvalue weighted by molar-refractivity contribution is -0.141. The van der Waals surface area contributed by atoms with Gasteiger partial charge in [0.1, 0.15) is 5.69 Å². The monoisotopic (exact) mass is 353 g/mol. The average Bonchev–Trinajstić information content (AvgIpc) is 2.65. The number of nitrogens with zero attached hydrogens (tertiary/aromatic N) is 2. The zero-order valence-corrected chi connectivity index (χ0v) is 12.3. The molecule has 12 heteroatoms. The lowest BCUT2D eigenvalue weighted by Crippen LogP contribution is -2.18. The van der Waals surface area contributed by atoms with E-state index in [0.29, 0.717) is 24.1 Å². The normalized spacial score (nSPS) is 17.9. The molecule has 0 radical (unpaired) electrons. The Morgan fingerprint density at radius 1 is 1.27 bits per heavy atom. The largest absolute Gasteiger partial charge is 0.433 e. The Hall–Kier alpha value is -1.95. The molecule has 1 aromatic rings. The van der Waals surface area contributed by atoms with Crippen LogP contribution in [0.4, 0.5) is 18.0 Å². The molecular weight excluding hydrogens is 347 g/mol. The lowest BCUT2D eigenvalue weighted by Gasteiger charge is -2.08. The molecule has 0 aliphatic carbocycles. The summed E-state index contributed by atoms with van der Waals surface area (Å²) in [6.45, 7) is 0. The molecule has 0 aromatic carbocycles. The third kappa shape index (κ3) is 3.62. The van der Waals surface area contributed by atoms with Crippen molar-refractivity contribution in [2.75, 3.05) is 6.26 Å². The van der Waals surface area contributed by atoms with Crippen LogP contribution in [0.25, 0.3) is 6.08 Å². The molecule has 118 valence electrons. The van der Waals surface area contributed by atoms with Gasteiger partial charge in [-0.1, -0.05) is 0 Å². The van der Waals surface area contributed by atoms with E-state index in [1.165, 1.54) is 0 Å². The van der Waals surface area contributed by atoms with Crippen LogP contribution in [-0.4, -0.2) is 35.8 Å². The van der Waals surface area contributed by atoms with Crippen LogP contribution in [0.15, 0.2) is 16.1 Å². The smallest absolute Gasteiger partial charge is 0.282 e. The Kier molecular flexibility index (Phi) is 4.00. The Labute approximate surface area is 125 Å². The van der Waals surface area contributed by atoms with Gasteiger partial charge in [0.05, 0.1) is 10.6 Å². The van der Waals surface area contributed by atoms with Gasteiger partial charge in [-0.3, -0.25) is 14.9 Å². The van der Waals surface area contributed by atoms with E-state index in [1.54, 1.807) is 0 Å². The molecule has 0 spiro atoms. The van der Waals surface area contributed by atoms with E-state index >= 15 is 0 Å². The molecule has 1 aliphatic rings. The van der Waals surface area contributed by atoms with Crippen molar-refractivity contribution >= 4 is 38.8 Å². The van der Waals surface area contributed by atoms with Crippen molar-refractivity contribution in [1.82, 2.24) is 15.3 Å². The average molecular weight is 353 g/mol. The molecule has 0 atom stereocenters. The number of nitrogens with one attached hydrogen (secondary N) is 1. The molecule has 1 N–H and O–H groups in total. The van der Waals surface area contributed by atoms with Gasteiger partial charge in [0.25, 0.3) is 11.1 Å². The van der Waals surface area contributed by atoms with Crippen molar-refractivity contribution in [3.05, 3.63) is 22.4 Å². The van der Waals surface area contributed by atoms with E-state index in [2.05, 4.69) is 9.97 Å². The number of imide groups is 1. The fraction of sp³-hybridized carbons (Fsp3) is 0.200. The number of sulfone groups is 1. The number of aromatic nitrogens is 2. The summed E-state index contributed by atoms with van der Waals surface area (Å²) in [7, 11) is -4.09. The molecule has 22 heavy (non-hydrogen) atoms. The van der Waals surface area contributed by atoms with Crippen molar-refractivity contribution in [2.45, 2.75) is 11.3 Å². The number of rotatable bonds is 2. The van der Waals surface area contributed by atoms with E-state index in [-0.39, 0.29) is 4.91 Å². The maximum absolute atomic E-state index is 12.7. The quantitative estimate of drug-likeness (QED) is 0.629. The minimum atomic E-state index is -4.89. The van der Waals surface area contributed by atoms with Crippen molar-refractivity contribution in [3.8, 4) is 0 Å². The van der Waals surface area contributed by atoms with E-state index < -0.39 is 43.7 Å². The second-order valence-corrected chi connectivity index (χ2v) is 7.01. The number of hydrogen-bond acceptors (Lipinski definition) is 7. The second-order valence-electron chi connectivity index (χ2n) is 4.08. The number of carbonyl (C=O) groups excluding carboxylic acids is 2. The third-order valence-electron chi connectivity index (χ3n) is 2.27. The summed E-state index contributed by atoms with van der Waals surface area (Å²) < 4.78 is 61.0. The standard InChI is InChI=1S/C10H6F3N3O4S2/c1-22(19,20)8-14-4(3-6(15-8)10(11,12)13)2-5-7(17)16-9(18)21-5/h2-3H,1H3,(H,16,17,18)/b5-2-. The van der Waals surface area contributed by atoms with Gasteiger partial charge in [0.2, 0.25) is 15.0 Å². The number of hydrogen-bond donors (Lipinski definition) is 1. The van der Waals surface area contributed by atoms with Gasteiger partial charge in [0.15, 0.2) is 0 Å². The second kappa shape index (κ2) is 5.35. The summed E-state index contributed by atoms with van der Waals surface area (Å²) in [5.41, 5.74) is -1.92. The van der Waals surface area contributed by atoms with Crippen molar-refractivity contribution in [2.24, 2.45) is 0 Å². The predicted octanol–water partition coefficient (Wildman–Crippen LogP) is 1.22. The maximum Gasteiger partial charge on any atom is 0.433 e. The van der Waals surface area contributed by atoms with E-state index in [0.717, 1.165) is 6.08 Å². The molecule has 1 saturated heterocycles. The van der Waals surface area contributed by atoms with E-state index in [9.17, 15) is 31.2 Å². The minimum Gasteiger partial charge on any atom is -0.282 e. The van der Waals surface area contributed by atoms with Crippen LogP contribution in [0.5, 0.6) is 0 Å². The topological polar surface area (TPSA) is 106 Å². The molecule has 7 nitrogen and oxygen atoms in total. The third-order valence-corrected chi connectivity index (χ3v) is 3.93. The molecule has 0 saturated carbocycles. The first-order valence-corrected chi connectivity index (χ1v) is 8.09. The van der Waals surface area contributed by atoms with Gasteiger partial charge in [0, 0.05) is 6.26 Å². The fourth-order valence-corrected chi connectivity index (χ4v) is 2.59. The van der Waals surface area contributed by atoms with Gasteiger partial charge < -0.3 is 0 Å². The van der Waals surface area contributed by atoms with Crippen molar-refractivity contribution < 1.29 is 31.2 Å². The highest BCUT2D eigenvalue weighted by atomic mass is 32.2. The molecule has 1 aliphatic heterocycles. The Morgan fingerprint density at radius 3 is 2.36 bits per heavy atom. The zero-order chi connectivity index (χ0) is 16.7. The summed E-state index contributed by atoms with van der Waals surface area (Å²) >= 11 is 0.466. The molecule has 1 fully saturated rings. The SMILES string of the molecule is CS(=O)(=O)c1nc(/C=C2\SC(=O)NC2=O)cc(C(F)(F)F)n1. The summed E-state index contributed by atoms with van der Waals surface area (Å²) in [6.07, 6.45) is -3.35. The Bertz CT molecular complexity index is 802. The summed E-state index contributed by atoms with van der Waals surface area (Å²) in [5, 5.41) is 0.195. The molecule has 2 amide bonds. The predicted molar refractivity (Wildman–Crippen MR) is 69.3 cm³/mol. The molecule has 2 rings (SSSR count). The summed E-state index contributed by atoms with van der Waals surface area (Å²) in [6, 6.07) is 0.484. The molecule has 1 aromatic heterocycles. The van der Waals surface area contributed by atoms with Gasteiger partial charge >= 0.3 is 6.18 Å². The van der Waals surface area contributed by atoms with Gasteiger partial charge in [-0.05, 0) is 23.9 Å². The van der Waals surface area contributed by atoms with Crippen molar-refractivity contribution in [3.63, 3.8) is 0 Å². The number of carbonyl (C=O) groups is 2. The van der Waals surface area contributed by atoms with Crippen LogP contribution in [0, 0.1) is 0 Å². The highest BCUT2D eigenvalue weighted by molar-refractivity contribution is 8.18. The zero-order valence-electron chi connectivity index (χ0n) is 10.6. The van der Waals surface area contributed by atoms with E-state index in [1.807, 2.05) is 5.32 Å². The minimum absolute atomic E-state index is 0.198. The first kappa shape index (κ1) is 16.4. The molecular formula is C10H6F3N3O4S2. The van der Waals surface area contributed by atoms with Crippen LogP contribution in [0.2, 0.25) is 0 Å². The number of thioether (sulfide) groups is 1. The van der Waals surface area contributed by atoms with E-state index in [4.69, 9.17) is 0 Å². The molecule has 0 bridgehead atoms. The van der Waals surface area contributed by atoms with Crippen LogP contribution in [0.1, 0.15) is 11.4 Å². The lowest BCUT2D eigenvalue weighted by atomic mass is 10.3. The van der Waals surface area contributed by atoms with Gasteiger partial charge in [-0.2, -0.15) is 13.2 Å². The first-order chi connectivity index (χ1) is 9.96. The van der Waals surface area contributed by atoms with Crippen LogP contribution < -0.4 is 5.32 Å². The maximum atomic E-state index is 12.7. The van der Waals surface area contributed by atoms with Crippen molar-refractivity contribution in [1.29, 1.82) is 0 Å². The summed E-state index contributed by atoms with van der Waals surface area (Å²) in [4.78, 5) is 28.6. The van der Waals surface area contributed by atoms with Crippen LogP contribution in [-0.2, 0) is 20.8 Å². The number of halogens is 3. The molecule has 2 heterocycles. The first-order valence-electron chi connectivity index (χ1n) is 5.38. The highest BCUT2D eigenvalue weighted by Gasteiger charge is 2.35.